The highest BCUT2D eigenvalue weighted by Gasteiger charge is 2.31. The van der Waals surface area contributed by atoms with Gasteiger partial charge in [-0.25, -0.2) is 0 Å². The van der Waals surface area contributed by atoms with Gasteiger partial charge >= 0.3 is 0 Å². The quantitative estimate of drug-likeness (QED) is 0.728. The summed E-state index contributed by atoms with van der Waals surface area (Å²) < 4.78 is 27.6. The largest absolute Gasteiger partial charge is 0.342 e. The minimum Gasteiger partial charge on any atom is -0.342 e. The Morgan fingerprint density at radius 3 is 2.40 bits per heavy atom. The SMILES string of the molecule is CCN(CC)C(=O)CN(C)S(=O)(=O)N1CCCC(C)C1. The number of rotatable bonds is 6. The van der Waals surface area contributed by atoms with E-state index in [-0.39, 0.29) is 12.5 Å². The van der Waals surface area contributed by atoms with Crippen LogP contribution in [0.5, 0.6) is 0 Å². The maximum Gasteiger partial charge on any atom is 0.282 e. The van der Waals surface area contributed by atoms with Crippen molar-refractivity contribution in [1.82, 2.24) is 13.5 Å². The smallest absolute Gasteiger partial charge is 0.282 e. The molecule has 0 saturated carbocycles. The van der Waals surface area contributed by atoms with Gasteiger partial charge in [0.25, 0.3) is 10.2 Å². The summed E-state index contributed by atoms with van der Waals surface area (Å²) in [4.78, 5) is 13.7. The molecule has 0 aliphatic carbocycles. The van der Waals surface area contributed by atoms with E-state index in [1.165, 1.54) is 15.7 Å². The molecular formula is C13H27N3O3S. The van der Waals surface area contributed by atoms with E-state index in [0.717, 1.165) is 12.8 Å². The summed E-state index contributed by atoms with van der Waals surface area (Å²) in [6.07, 6.45) is 1.95. The normalized spacial score (nSPS) is 21.1. The zero-order chi connectivity index (χ0) is 15.3. The third kappa shape index (κ3) is 4.17. The van der Waals surface area contributed by atoms with Crippen molar-refractivity contribution in [3.05, 3.63) is 0 Å². The Kier molecular flexibility index (Phi) is 6.42. The second-order valence-corrected chi connectivity index (χ2v) is 7.47. The number of amides is 1. The van der Waals surface area contributed by atoms with Gasteiger partial charge in [-0.3, -0.25) is 4.79 Å². The Morgan fingerprint density at radius 1 is 1.30 bits per heavy atom. The van der Waals surface area contributed by atoms with Gasteiger partial charge in [0, 0.05) is 33.2 Å². The van der Waals surface area contributed by atoms with Crippen LogP contribution in [0, 0.1) is 5.92 Å². The summed E-state index contributed by atoms with van der Waals surface area (Å²) in [6, 6.07) is 0. The molecule has 1 atom stereocenters. The molecule has 0 radical (unpaired) electrons. The predicted octanol–water partition coefficient (Wildman–Crippen LogP) is 0.763. The monoisotopic (exact) mass is 305 g/mol. The molecule has 1 fully saturated rings. The molecule has 0 aromatic heterocycles. The van der Waals surface area contributed by atoms with Crippen LogP contribution in [0.3, 0.4) is 0 Å². The summed E-state index contributed by atoms with van der Waals surface area (Å²) in [6.45, 7) is 8.05. The molecule has 0 aromatic rings. The molecule has 20 heavy (non-hydrogen) atoms. The number of carbonyl (C=O) groups excluding carboxylic acids is 1. The van der Waals surface area contributed by atoms with E-state index in [1.807, 2.05) is 13.8 Å². The fraction of sp³-hybridized carbons (Fsp3) is 0.923. The van der Waals surface area contributed by atoms with Gasteiger partial charge in [-0.1, -0.05) is 6.92 Å². The van der Waals surface area contributed by atoms with Crippen molar-refractivity contribution < 1.29 is 13.2 Å². The van der Waals surface area contributed by atoms with E-state index in [1.54, 1.807) is 4.90 Å². The molecule has 1 aliphatic rings. The number of piperidine rings is 1. The standard InChI is InChI=1S/C13H27N3O3S/c1-5-15(6-2)13(17)11-14(4)20(18,19)16-9-7-8-12(3)10-16/h12H,5-11H2,1-4H3. The van der Waals surface area contributed by atoms with E-state index in [0.29, 0.717) is 32.1 Å². The van der Waals surface area contributed by atoms with Gasteiger partial charge < -0.3 is 4.90 Å². The highest BCUT2D eigenvalue weighted by Crippen LogP contribution is 2.19. The van der Waals surface area contributed by atoms with Crippen LogP contribution in [-0.2, 0) is 15.0 Å². The van der Waals surface area contributed by atoms with E-state index in [4.69, 9.17) is 0 Å². The number of hydrogen-bond donors (Lipinski definition) is 0. The molecule has 1 unspecified atom stereocenters. The Balaban J connectivity index is 2.69. The number of carbonyl (C=O) groups is 1. The van der Waals surface area contributed by atoms with Crippen molar-refractivity contribution in [3.8, 4) is 0 Å². The zero-order valence-corrected chi connectivity index (χ0v) is 13.8. The van der Waals surface area contributed by atoms with Crippen molar-refractivity contribution in [2.75, 3.05) is 39.8 Å². The molecule has 0 aromatic carbocycles. The molecule has 7 heteroatoms. The van der Waals surface area contributed by atoms with Crippen LogP contribution in [0.2, 0.25) is 0 Å². The fourth-order valence-electron chi connectivity index (χ4n) is 2.50. The molecule has 0 bridgehead atoms. The molecule has 1 rings (SSSR count). The van der Waals surface area contributed by atoms with Crippen molar-refractivity contribution in [2.45, 2.75) is 33.6 Å². The third-order valence-corrected chi connectivity index (χ3v) is 5.72. The number of hydrogen-bond acceptors (Lipinski definition) is 3. The predicted molar refractivity (Wildman–Crippen MR) is 79.4 cm³/mol. The van der Waals surface area contributed by atoms with Gasteiger partial charge in [0.2, 0.25) is 5.91 Å². The Hall–Kier alpha value is -0.660. The first-order valence-corrected chi connectivity index (χ1v) is 8.71. The molecule has 0 spiro atoms. The number of nitrogens with zero attached hydrogens (tertiary/aromatic N) is 3. The van der Waals surface area contributed by atoms with Crippen LogP contribution in [0.4, 0.5) is 0 Å². The maximum absolute atomic E-state index is 12.4. The second kappa shape index (κ2) is 7.38. The Labute approximate surface area is 122 Å². The number of likely N-dealkylation sites (N-methyl/N-ethyl adjacent to an activating group) is 2. The first-order valence-electron chi connectivity index (χ1n) is 7.32. The molecule has 0 N–H and O–H groups in total. The van der Waals surface area contributed by atoms with E-state index < -0.39 is 10.2 Å². The highest BCUT2D eigenvalue weighted by molar-refractivity contribution is 7.86. The topological polar surface area (TPSA) is 60.9 Å². The summed E-state index contributed by atoms with van der Waals surface area (Å²) >= 11 is 0. The van der Waals surface area contributed by atoms with Crippen LogP contribution < -0.4 is 0 Å². The van der Waals surface area contributed by atoms with E-state index in [9.17, 15) is 13.2 Å². The molecule has 1 amide bonds. The van der Waals surface area contributed by atoms with Crippen LogP contribution in [-0.4, -0.2) is 67.6 Å². The van der Waals surface area contributed by atoms with Gasteiger partial charge in [0.15, 0.2) is 0 Å². The van der Waals surface area contributed by atoms with E-state index in [2.05, 4.69) is 6.92 Å². The van der Waals surface area contributed by atoms with Gasteiger partial charge in [-0.15, -0.1) is 0 Å². The molecule has 118 valence electrons. The van der Waals surface area contributed by atoms with Crippen LogP contribution >= 0.6 is 0 Å². The maximum atomic E-state index is 12.4. The first kappa shape index (κ1) is 17.4. The summed E-state index contributed by atoms with van der Waals surface area (Å²) in [5.74, 6) is 0.233. The molecule has 1 saturated heterocycles. The van der Waals surface area contributed by atoms with Gasteiger partial charge in [-0.2, -0.15) is 17.0 Å². The van der Waals surface area contributed by atoms with Crippen molar-refractivity contribution >= 4 is 16.1 Å². The molecule has 6 nitrogen and oxygen atoms in total. The molecule has 1 heterocycles. The van der Waals surface area contributed by atoms with Crippen molar-refractivity contribution in [2.24, 2.45) is 5.92 Å². The first-order chi connectivity index (χ1) is 9.32. The lowest BCUT2D eigenvalue weighted by Gasteiger charge is -2.33. The lowest BCUT2D eigenvalue weighted by Crippen LogP contribution is -2.49. The third-order valence-electron chi connectivity index (χ3n) is 3.81. The Bertz CT molecular complexity index is 421. The average molecular weight is 305 g/mol. The highest BCUT2D eigenvalue weighted by atomic mass is 32.2. The van der Waals surface area contributed by atoms with Crippen LogP contribution in [0.15, 0.2) is 0 Å². The Morgan fingerprint density at radius 2 is 1.90 bits per heavy atom. The lowest BCUT2D eigenvalue weighted by molar-refractivity contribution is -0.130. The lowest BCUT2D eigenvalue weighted by atomic mass is 10.0. The van der Waals surface area contributed by atoms with Crippen LogP contribution in [0.25, 0.3) is 0 Å². The second-order valence-electron chi connectivity index (χ2n) is 5.44. The molecular weight excluding hydrogens is 278 g/mol. The van der Waals surface area contributed by atoms with E-state index >= 15 is 0 Å². The minimum absolute atomic E-state index is 0.0884. The summed E-state index contributed by atoms with van der Waals surface area (Å²) in [5.41, 5.74) is 0. The zero-order valence-electron chi connectivity index (χ0n) is 13.0. The fourth-order valence-corrected chi connectivity index (χ4v) is 3.97. The van der Waals surface area contributed by atoms with Crippen LogP contribution in [0.1, 0.15) is 33.6 Å². The van der Waals surface area contributed by atoms with Gasteiger partial charge in [0.05, 0.1) is 6.54 Å². The van der Waals surface area contributed by atoms with Gasteiger partial charge in [0.1, 0.15) is 0 Å². The van der Waals surface area contributed by atoms with Crippen molar-refractivity contribution in [3.63, 3.8) is 0 Å². The average Bonchev–Trinajstić information content (AvgIpc) is 2.40. The van der Waals surface area contributed by atoms with Gasteiger partial charge in [-0.05, 0) is 32.6 Å². The summed E-state index contributed by atoms with van der Waals surface area (Å²) in [5, 5.41) is 0. The van der Waals surface area contributed by atoms with Crippen molar-refractivity contribution in [1.29, 1.82) is 0 Å². The summed E-state index contributed by atoms with van der Waals surface area (Å²) in [7, 11) is -2.04. The molecule has 1 aliphatic heterocycles. The minimum atomic E-state index is -3.52.